The third-order valence-corrected chi connectivity index (χ3v) is 1.43. The van der Waals surface area contributed by atoms with Crippen LogP contribution in [0.15, 0.2) is 21.9 Å². The van der Waals surface area contributed by atoms with Crippen molar-refractivity contribution >= 4 is 18.3 Å². The van der Waals surface area contributed by atoms with E-state index in [0.29, 0.717) is 12.2 Å². The quantitative estimate of drug-likeness (QED) is 0.579. The molecule has 0 unspecified atom stereocenters. The molecule has 0 N–H and O–H groups in total. The van der Waals surface area contributed by atoms with E-state index in [4.69, 9.17) is 4.84 Å². The summed E-state index contributed by atoms with van der Waals surface area (Å²) in [5.41, 5.74) is 0.531. The number of amides is 1. The summed E-state index contributed by atoms with van der Waals surface area (Å²) in [6.45, 7) is 1.93. The normalized spacial score (nSPS) is 15.1. The van der Waals surface area contributed by atoms with Gasteiger partial charge in [0.25, 0.3) is 0 Å². The van der Waals surface area contributed by atoms with Crippen molar-refractivity contribution in [2.75, 3.05) is 13.7 Å². The molecule has 1 rings (SSSR count). The third kappa shape index (κ3) is 2.48. The largest absolute Gasteiger partial charge is 0.285 e. The minimum Gasteiger partial charge on any atom is -0.285 e. The molecule has 0 aromatic heterocycles. The molecular weight excluding hydrogens is 170 g/mol. The van der Waals surface area contributed by atoms with E-state index in [1.54, 1.807) is 12.4 Å². The molecule has 1 aliphatic heterocycles. The first-order valence-electron chi connectivity index (χ1n) is 3.82. The van der Waals surface area contributed by atoms with Gasteiger partial charge in [-0.15, -0.1) is 0 Å². The lowest BCUT2D eigenvalue weighted by Crippen LogP contribution is -2.27. The highest BCUT2D eigenvalue weighted by atomic mass is 16.7. The van der Waals surface area contributed by atoms with Crippen LogP contribution < -0.4 is 0 Å². The Morgan fingerprint density at radius 1 is 1.69 bits per heavy atom. The average molecular weight is 181 g/mol. The van der Waals surface area contributed by atoms with Gasteiger partial charge in [0.1, 0.15) is 5.70 Å². The van der Waals surface area contributed by atoms with Gasteiger partial charge in [0.15, 0.2) is 0 Å². The predicted molar refractivity (Wildman–Crippen MR) is 49.5 cm³/mol. The fourth-order valence-corrected chi connectivity index (χ4v) is 0.924. The zero-order valence-corrected chi connectivity index (χ0v) is 7.60. The van der Waals surface area contributed by atoms with Gasteiger partial charge in [-0.1, -0.05) is 0 Å². The van der Waals surface area contributed by atoms with Crippen LogP contribution in [0.2, 0.25) is 0 Å². The molecule has 1 heterocycles. The maximum atomic E-state index is 11.0. The highest BCUT2D eigenvalue weighted by molar-refractivity contribution is 5.87. The lowest BCUT2D eigenvalue weighted by atomic mass is 10.4. The van der Waals surface area contributed by atoms with Crippen LogP contribution in [0.1, 0.15) is 6.92 Å². The number of nitrogens with zero attached hydrogens (tertiary/aromatic N) is 3. The van der Waals surface area contributed by atoms with E-state index >= 15 is 0 Å². The van der Waals surface area contributed by atoms with Gasteiger partial charge >= 0.3 is 0 Å². The Labute approximate surface area is 76.4 Å². The molecule has 0 atom stereocenters. The van der Waals surface area contributed by atoms with Gasteiger partial charge in [-0.05, 0) is 0 Å². The standard InChI is InChI=1S/C8H11N3O2/c1-7(12)11(13-2)8-5-9-3-4-10-6-8/h3,5-6H,4H2,1-2H3. The van der Waals surface area contributed by atoms with Gasteiger partial charge in [0, 0.05) is 19.4 Å². The molecule has 0 bridgehead atoms. The number of carbonyl (C=O) groups is 1. The molecule has 0 aliphatic carbocycles. The van der Waals surface area contributed by atoms with Gasteiger partial charge in [0.05, 0.1) is 19.9 Å². The van der Waals surface area contributed by atoms with Crippen LogP contribution in [0.3, 0.4) is 0 Å². The van der Waals surface area contributed by atoms with E-state index in [0.717, 1.165) is 5.06 Å². The molecule has 1 aliphatic rings. The summed E-state index contributed by atoms with van der Waals surface area (Å²) < 4.78 is 0. The Morgan fingerprint density at radius 3 is 3.08 bits per heavy atom. The number of allylic oxidation sites excluding steroid dienone is 1. The number of hydroxylamine groups is 2. The van der Waals surface area contributed by atoms with E-state index in [1.165, 1.54) is 20.2 Å². The highest BCUT2D eigenvalue weighted by Crippen LogP contribution is 2.04. The van der Waals surface area contributed by atoms with E-state index in [1.807, 2.05) is 0 Å². The number of carbonyl (C=O) groups excluding carboxylic acids is 1. The molecular formula is C8H11N3O2. The van der Waals surface area contributed by atoms with Crippen molar-refractivity contribution in [2.45, 2.75) is 6.92 Å². The molecule has 5 heteroatoms. The van der Waals surface area contributed by atoms with Crippen LogP contribution in [0.5, 0.6) is 0 Å². The second-order valence-corrected chi connectivity index (χ2v) is 2.38. The van der Waals surface area contributed by atoms with Gasteiger partial charge in [0.2, 0.25) is 5.91 Å². The van der Waals surface area contributed by atoms with E-state index in [9.17, 15) is 4.79 Å². The number of aliphatic imine (C=N–C) groups is 2. The molecule has 0 saturated heterocycles. The van der Waals surface area contributed by atoms with Crippen molar-refractivity contribution in [1.29, 1.82) is 0 Å². The molecule has 0 radical (unpaired) electrons. The average Bonchev–Trinajstić information content (AvgIpc) is 2.33. The van der Waals surface area contributed by atoms with Gasteiger partial charge < -0.3 is 0 Å². The molecule has 13 heavy (non-hydrogen) atoms. The minimum absolute atomic E-state index is 0.211. The first kappa shape index (κ1) is 9.60. The van der Waals surface area contributed by atoms with Crippen molar-refractivity contribution in [1.82, 2.24) is 5.06 Å². The molecule has 0 saturated carbocycles. The number of rotatable bonds is 2. The molecule has 5 nitrogen and oxygen atoms in total. The molecule has 0 spiro atoms. The van der Waals surface area contributed by atoms with Crippen LogP contribution in [0.4, 0.5) is 0 Å². The van der Waals surface area contributed by atoms with Crippen LogP contribution in [0.25, 0.3) is 0 Å². The van der Waals surface area contributed by atoms with Gasteiger partial charge in [-0.3, -0.25) is 19.6 Å². The third-order valence-electron chi connectivity index (χ3n) is 1.43. The van der Waals surface area contributed by atoms with Crippen molar-refractivity contribution < 1.29 is 9.63 Å². The smallest absolute Gasteiger partial charge is 0.247 e. The topological polar surface area (TPSA) is 54.3 Å². The summed E-state index contributed by atoms with van der Waals surface area (Å²) in [5, 5.41) is 1.13. The second kappa shape index (κ2) is 4.51. The predicted octanol–water partition coefficient (Wildman–Crippen LogP) is 0.393. The first-order valence-corrected chi connectivity index (χ1v) is 3.82. The molecule has 0 aromatic rings. The summed E-state index contributed by atoms with van der Waals surface area (Å²) in [7, 11) is 1.42. The van der Waals surface area contributed by atoms with Crippen molar-refractivity contribution in [3.05, 3.63) is 11.9 Å². The van der Waals surface area contributed by atoms with E-state index < -0.39 is 0 Å². The Kier molecular flexibility index (Phi) is 3.33. The minimum atomic E-state index is -0.211. The summed E-state index contributed by atoms with van der Waals surface area (Å²) in [6.07, 6.45) is 4.73. The molecule has 1 amide bonds. The van der Waals surface area contributed by atoms with Gasteiger partial charge in [-0.2, -0.15) is 5.06 Å². The van der Waals surface area contributed by atoms with E-state index in [-0.39, 0.29) is 5.91 Å². The fourth-order valence-electron chi connectivity index (χ4n) is 0.924. The summed E-state index contributed by atoms with van der Waals surface area (Å²) in [5.74, 6) is -0.211. The Hall–Kier alpha value is -1.49. The summed E-state index contributed by atoms with van der Waals surface area (Å²) in [6, 6.07) is 0. The lowest BCUT2D eigenvalue weighted by molar-refractivity contribution is -0.161. The maximum absolute atomic E-state index is 11.0. The van der Waals surface area contributed by atoms with Crippen LogP contribution in [0, 0.1) is 0 Å². The Morgan fingerprint density at radius 2 is 2.46 bits per heavy atom. The van der Waals surface area contributed by atoms with E-state index in [2.05, 4.69) is 9.98 Å². The second-order valence-electron chi connectivity index (χ2n) is 2.38. The van der Waals surface area contributed by atoms with Gasteiger partial charge in [-0.25, -0.2) is 0 Å². The SMILES string of the molecule is CON(C(C)=O)C1=CN=CCN=C1. The van der Waals surface area contributed by atoms with Crippen molar-refractivity contribution in [2.24, 2.45) is 9.98 Å². The summed E-state index contributed by atoms with van der Waals surface area (Å²) in [4.78, 5) is 23.8. The van der Waals surface area contributed by atoms with Crippen LogP contribution in [-0.4, -0.2) is 37.1 Å². The van der Waals surface area contributed by atoms with Crippen LogP contribution >= 0.6 is 0 Å². The maximum Gasteiger partial charge on any atom is 0.247 e. The van der Waals surface area contributed by atoms with Crippen molar-refractivity contribution in [3.8, 4) is 0 Å². The number of hydrogen-bond acceptors (Lipinski definition) is 4. The van der Waals surface area contributed by atoms with Crippen molar-refractivity contribution in [3.63, 3.8) is 0 Å². The Balaban J connectivity index is 2.84. The highest BCUT2D eigenvalue weighted by Gasteiger charge is 2.12. The molecule has 70 valence electrons. The molecule has 0 aromatic carbocycles. The van der Waals surface area contributed by atoms with Crippen LogP contribution in [-0.2, 0) is 9.63 Å². The summed E-state index contributed by atoms with van der Waals surface area (Å²) >= 11 is 0. The molecule has 0 fully saturated rings. The Bertz CT molecular complexity index is 281. The number of hydrogen-bond donors (Lipinski definition) is 0. The zero-order valence-electron chi connectivity index (χ0n) is 7.60. The monoisotopic (exact) mass is 181 g/mol. The first-order chi connectivity index (χ1) is 6.25. The lowest BCUT2D eigenvalue weighted by Gasteiger charge is -2.16. The fraction of sp³-hybridized carbons (Fsp3) is 0.375. The zero-order chi connectivity index (χ0) is 9.68.